The van der Waals surface area contributed by atoms with Gasteiger partial charge in [-0.15, -0.1) is 0 Å². The first-order chi connectivity index (χ1) is 36.7. The maximum Gasteiger partial charge on any atom is 0.247 e. The van der Waals surface area contributed by atoms with E-state index in [9.17, 15) is 9.59 Å². The van der Waals surface area contributed by atoms with Crippen molar-refractivity contribution in [3.8, 4) is 11.1 Å². The quantitative estimate of drug-likeness (QED) is 0.0658. The van der Waals surface area contributed by atoms with Crippen LogP contribution in [-0.2, 0) is 54.3 Å². The maximum atomic E-state index is 13.8. The fourth-order valence-electron chi connectivity index (χ4n) is 10.8. The molecule has 0 saturated carbocycles. The summed E-state index contributed by atoms with van der Waals surface area (Å²) in [7, 11) is 0. The number of carbonyl (C=O) groups is 2. The van der Waals surface area contributed by atoms with Crippen LogP contribution in [0.15, 0.2) is 121 Å². The van der Waals surface area contributed by atoms with Crippen LogP contribution in [0, 0.1) is 23.0 Å². The van der Waals surface area contributed by atoms with Gasteiger partial charge >= 0.3 is 0 Å². The van der Waals surface area contributed by atoms with E-state index in [4.69, 9.17) is 0 Å². The van der Waals surface area contributed by atoms with Gasteiger partial charge in [0.05, 0.1) is 46.7 Å². The molecule has 0 aromatic heterocycles. The number of benzene rings is 6. The standard InChI is InChI=1S/2C30H42N2O.C12H8.2Au/c2*1-19(2)23-13-11-14-24(20(3)4)27(23)31-17-30(9,10)29(33)32(18-31)28-25(21(5)6)15-12-16-26(28)22(7)8;1-3-7-11(8-4-1)12-9-5-2-6-10-12;;/h2*11-16,19-22H,17H2,1-10H3;3-10H;;/q;;-2;;. The minimum absolute atomic E-state index is 0. The zero-order valence-corrected chi connectivity index (χ0v) is 56.1. The summed E-state index contributed by atoms with van der Waals surface area (Å²) in [6.07, 6.45) is 7.18. The zero-order valence-electron chi connectivity index (χ0n) is 51.8. The minimum atomic E-state index is -0.540. The molecule has 6 aromatic rings. The van der Waals surface area contributed by atoms with Crippen LogP contribution in [0.4, 0.5) is 22.7 Å². The van der Waals surface area contributed by atoms with Crippen LogP contribution in [0.2, 0.25) is 0 Å². The van der Waals surface area contributed by atoms with Crippen molar-refractivity contribution < 1.29 is 63.5 Å². The molecule has 8 rings (SSSR count). The van der Waals surface area contributed by atoms with E-state index in [-0.39, 0.29) is 56.6 Å². The fraction of sp³-hybridized carbons (Fsp3) is 0.444. The molecule has 0 spiro atoms. The summed E-state index contributed by atoms with van der Waals surface area (Å²) in [6.45, 7) is 45.0. The molecule has 2 radical (unpaired) electrons. The number of amides is 2. The maximum absolute atomic E-state index is 13.8. The summed E-state index contributed by atoms with van der Waals surface area (Å²) < 4.78 is 4.07. The van der Waals surface area contributed by atoms with Gasteiger partial charge in [-0.25, -0.2) is 0 Å². The average molecular weight is 1440 g/mol. The van der Waals surface area contributed by atoms with Gasteiger partial charge in [-0.2, -0.15) is 71.8 Å². The summed E-state index contributed by atoms with van der Waals surface area (Å²) in [5.41, 5.74) is 15.8. The second kappa shape index (κ2) is 28.9. The molecule has 0 atom stereocenters. The van der Waals surface area contributed by atoms with Crippen molar-refractivity contribution in [2.45, 2.75) is 186 Å². The van der Waals surface area contributed by atoms with Crippen LogP contribution in [0.5, 0.6) is 0 Å². The van der Waals surface area contributed by atoms with E-state index in [1.807, 2.05) is 33.7 Å². The van der Waals surface area contributed by atoms with Gasteiger partial charge in [0.1, 0.15) is 0 Å². The second-order valence-corrected chi connectivity index (χ2v) is 25.4. The van der Waals surface area contributed by atoms with Crippen molar-refractivity contribution in [1.82, 2.24) is 0 Å². The van der Waals surface area contributed by atoms with Crippen LogP contribution >= 0.6 is 0 Å². The minimum Gasteiger partial charge on any atom is -0.308 e. The Balaban J connectivity index is 0.000000279. The van der Waals surface area contributed by atoms with Crippen molar-refractivity contribution in [3.63, 3.8) is 0 Å². The molecule has 2 heterocycles. The van der Waals surface area contributed by atoms with Crippen molar-refractivity contribution in [2.24, 2.45) is 10.8 Å². The molecule has 0 bridgehead atoms. The van der Waals surface area contributed by atoms with E-state index in [1.54, 1.807) is 0 Å². The molecule has 8 heteroatoms. The van der Waals surface area contributed by atoms with Crippen LogP contribution in [-0.4, -0.2) is 46.7 Å². The first kappa shape index (κ1) is 67.6. The average Bonchev–Trinajstić information content (AvgIpc) is 3.39. The SMILES string of the molecule is CC(C)c1cccc(C(C)C)c1N1[C-]=[N+](c2c(C(C)C)cccc2C(C)C)C(=O)C(C)(C)C1.CC(C)c1cccc(C(C)C)c1N1[C-]=[N+](c2c(C(C)C)cccc2C(C)C)CC(C)(C)C1=O.[Au].[Au].[c-]1ccc(-c2cc[c-]cc2)cc1. The van der Waals surface area contributed by atoms with Crippen LogP contribution in [0.3, 0.4) is 0 Å². The Hall–Kier alpha value is -4.92. The van der Waals surface area contributed by atoms with Gasteiger partial charge in [-0.3, -0.25) is 9.48 Å². The van der Waals surface area contributed by atoms with Gasteiger partial charge in [0.25, 0.3) is 0 Å². The molecule has 2 amide bonds. The summed E-state index contributed by atoms with van der Waals surface area (Å²) in [5, 5.41) is 0. The third-order valence-electron chi connectivity index (χ3n) is 15.2. The summed E-state index contributed by atoms with van der Waals surface area (Å²) in [5.74, 6) is 2.97. The predicted molar refractivity (Wildman–Crippen MR) is 330 cm³/mol. The molecule has 0 N–H and O–H groups in total. The number of para-hydroxylation sites is 4. The third-order valence-corrected chi connectivity index (χ3v) is 15.2. The van der Waals surface area contributed by atoms with E-state index < -0.39 is 10.8 Å². The molecular formula is C72H92Au2N4O2-2. The summed E-state index contributed by atoms with van der Waals surface area (Å²) in [6, 6.07) is 48.0. The third kappa shape index (κ3) is 15.4. The first-order valence-electron chi connectivity index (χ1n) is 28.9. The Morgan fingerprint density at radius 2 is 0.725 bits per heavy atom. The van der Waals surface area contributed by atoms with Crippen molar-refractivity contribution >= 4 is 47.2 Å². The van der Waals surface area contributed by atoms with Crippen LogP contribution in [0.25, 0.3) is 11.1 Å². The molecule has 2 aliphatic rings. The van der Waals surface area contributed by atoms with Gasteiger partial charge in [0.15, 0.2) is 0 Å². The van der Waals surface area contributed by atoms with E-state index in [1.165, 1.54) is 67.0 Å². The van der Waals surface area contributed by atoms with Crippen molar-refractivity contribution in [1.29, 1.82) is 0 Å². The van der Waals surface area contributed by atoms with Gasteiger partial charge in [0, 0.05) is 44.8 Å². The Labute approximate surface area is 515 Å². The zero-order chi connectivity index (χ0) is 57.6. The molecule has 2 aliphatic heterocycles. The summed E-state index contributed by atoms with van der Waals surface area (Å²) >= 11 is 0. The largest absolute Gasteiger partial charge is 0.308 e. The molecule has 0 fully saturated rings. The summed E-state index contributed by atoms with van der Waals surface area (Å²) in [4.78, 5) is 31.8. The normalized spacial score (nSPS) is 14.9. The number of nitrogens with zero attached hydrogens (tertiary/aromatic N) is 4. The molecule has 0 saturated heterocycles. The predicted octanol–water partition coefficient (Wildman–Crippen LogP) is 18.6. The Morgan fingerprint density at radius 3 is 1.06 bits per heavy atom. The molecule has 0 unspecified atom stereocenters. The second-order valence-electron chi connectivity index (χ2n) is 25.4. The Morgan fingerprint density at radius 1 is 0.412 bits per heavy atom. The Kier molecular flexibility index (Phi) is 24.4. The number of anilines is 2. The van der Waals surface area contributed by atoms with Gasteiger partial charge < -0.3 is 19.1 Å². The van der Waals surface area contributed by atoms with Gasteiger partial charge in [0.2, 0.25) is 24.5 Å². The number of rotatable bonds is 13. The monoisotopic (exact) mass is 1440 g/mol. The molecule has 436 valence electrons. The van der Waals surface area contributed by atoms with Crippen molar-refractivity contribution in [2.75, 3.05) is 22.9 Å². The van der Waals surface area contributed by atoms with E-state index >= 15 is 0 Å². The van der Waals surface area contributed by atoms with E-state index in [0.717, 1.165) is 11.4 Å². The molecular weight excluding hydrogens is 1350 g/mol. The molecule has 80 heavy (non-hydrogen) atoms. The number of hydrogen-bond donors (Lipinski definition) is 0. The Bertz CT molecular complexity index is 2940. The van der Waals surface area contributed by atoms with Gasteiger partial charge in [-0.05, 0) is 91.9 Å². The smallest absolute Gasteiger partial charge is 0.247 e. The van der Waals surface area contributed by atoms with Crippen LogP contribution < -0.4 is 9.80 Å². The molecule has 0 aliphatic carbocycles. The van der Waals surface area contributed by atoms with E-state index in [2.05, 4.69) is 270 Å². The fourth-order valence-corrected chi connectivity index (χ4v) is 10.8. The number of carbonyl (C=O) groups excluding carboxylic acids is 2. The molecule has 6 aromatic carbocycles. The number of hydrogen-bond acceptors (Lipinski definition) is 3. The van der Waals surface area contributed by atoms with E-state index in [0.29, 0.717) is 60.4 Å². The van der Waals surface area contributed by atoms with Gasteiger partial charge in [-0.1, -0.05) is 211 Å². The molecule has 6 nitrogen and oxygen atoms in total. The van der Waals surface area contributed by atoms with Crippen LogP contribution in [0.1, 0.15) is 230 Å². The topological polar surface area (TPSA) is 46.6 Å². The first-order valence-corrected chi connectivity index (χ1v) is 28.9. The van der Waals surface area contributed by atoms with Crippen molar-refractivity contribution in [3.05, 3.63) is 178 Å².